The lowest BCUT2D eigenvalue weighted by Gasteiger charge is -2.25. The highest BCUT2D eigenvalue weighted by atomic mass is 16.7. The van der Waals surface area contributed by atoms with E-state index in [9.17, 15) is 19.5 Å². The molecular weight excluding hydrogens is 983 g/mol. The van der Waals surface area contributed by atoms with E-state index in [4.69, 9.17) is 18.9 Å². The molecule has 0 fully saturated rings. The fourth-order valence-electron chi connectivity index (χ4n) is 8.35. The van der Waals surface area contributed by atoms with Crippen molar-refractivity contribution in [2.45, 2.75) is 257 Å². The average molecular weight is 1100 g/mol. The molecule has 0 rings (SSSR count). The first-order valence-electron chi connectivity index (χ1n) is 31.7. The Morgan fingerprint density at radius 3 is 1.08 bits per heavy atom. The minimum absolute atomic E-state index is 0.177. The summed E-state index contributed by atoms with van der Waals surface area (Å²) in [5.41, 5.74) is 0. The third-order valence-corrected chi connectivity index (χ3v) is 13.2. The Labute approximate surface area is 485 Å². The van der Waals surface area contributed by atoms with Crippen molar-refractivity contribution in [3.8, 4) is 0 Å². The number of likely N-dealkylation sites (N-methyl/N-ethyl adjacent to an activating group) is 1. The molecule has 0 spiro atoms. The van der Waals surface area contributed by atoms with Crippen LogP contribution >= 0.6 is 0 Å². The summed E-state index contributed by atoms with van der Waals surface area (Å²) >= 11 is 0. The van der Waals surface area contributed by atoms with Crippen LogP contribution in [0.3, 0.4) is 0 Å². The molecule has 9 heteroatoms. The van der Waals surface area contributed by atoms with Crippen molar-refractivity contribution in [3.63, 3.8) is 0 Å². The number of quaternary nitrogens is 1. The van der Waals surface area contributed by atoms with Gasteiger partial charge in [-0.3, -0.25) is 9.59 Å². The van der Waals surface area contributed by atoms with Crippen LogP contribution in [0.1, 0.15) is 245 Å². The zero-order valence-electron chi connectivity index (χ0n) is 51.2. The summed E-state index contributed by atoms with van der Waals surface area (Å²) < 4.78 is 22.9. The van der Waals surface area contributed by atoms with Gasteiger partial charge in [0, 0.05) is 12.8 Å². The molecule has 9 nitrogen and oxygen atoms in total. The lowest BCUT2D eigenvalue weighted by atomic mass is 10.0. The van der Waals surface area contributed by atoms with Crippen LogP contribution in [0.25, 0.3) is 0 Å². The van der Waals surface area contributed by atoms with E-state index < -0.39 is 24.3 Å². The van der Waals surface area contributed by atoms with E-state index in [0.717, 1.165) is 109 Å². The minimum atomic E-state index is -1.52. The number of carbonyl (C=O) groups excluding carboxylic acids is 2. The van der Waals surface area contributed by atoms with Gasteiger partial charge in [-0.15, -0.1) is 0 Å². The van der Waals surface area contributed by atoms with Crippen LogP contribution in [0.15, 0.2) is 122 Å². The summed E-state index contributed by atoms with van der Waals surface area (Å²) in [4.78, 5) is 37.5. The van der Waals surface area contributed by atoms with Crippen molar-refractivity contribution in [2.75, 3.05) is 47.5 Å². The lowest BCUT2D eigenvalue weighted by molar-refractivity contribution is -0.870. The molecule has 450 valence electrons. The third kappa shape index (κ3) is 61.2. The number of ether oxygens (including phenoxy) is 4. The molecule has 0 saturated carbocycles. The second-order valence-corrected chi connectivity index (χ2v) is 22.0. The normalized spacial score (nSPS) is 13.6. The molecule has 0 saturated heterocycles. The molecule has 0 amide bonds. The highest BCUT2D eigenvalue weighted by Crippen LogP contribution is 2.15. The molecule has 0 bridgehead atoms. The molecule has 2 atom stereocenters. The maximum absolute atomic E-state index is 12.9. The Morgan fingerprint density at radius 2 is 0.722 bits per heavy atom. The molecule has 0 heterocycles. The number of carboxylic acid groups (broad SMARTS) is 1. The summed E-state index contributed by atoms with van der Waals surface area (Å²) in [6.45, 7) is 4.72. The second kappa shape index (κ2) is 59.8. The van der Waals surface area contributed by atoms with Crippen LogP contribution in [0.4, 0.5) is 0 Å². The Hall–Kier alpha value is -4.31. The van der Waals surface area contributed by atoms with E-state index in [1.807, 2.05) is 21.1 Å². The molecular formula is C70H118NO8+. The van der Waals surface area contributed by atoms with E-state index in [-0.39, 0.29) is 38.6 Å². The minimum Gasteiger partial charge on any atom is -0.477 e. The fraction of sp³-hybridized carbons (Fsp3) is 0.671. The summed E-state index contributed by atoms with van der Waals surface area (Å²) in [6.07, 6.45) is 81.4. The van der Waals surface area contributed by atoms with Gasteiger partial charge in [-0.1, -0.05) is 245 Å². The quantitative estimate of drug-likeness (QED) is 0.0211. The number of aliphatic carboxylic acids is 1. The number of rotatable bonds is 57. The predicted octanol–water partition coefficient (Wildman–Crippen LogP) is 19.2. The molecule has 0 aliphatic rings. The van der Waals surface area contributed by atoms with Crippen molar-refractivity contribution in [1.82, 2.24) is 0 Å². The molecule has 0 aromatic carbocycles. The Bertz CT molecular complexity index is 1710. The molecule has 1 N–H and O–H groups in total. The van der Waals surface area contributed by atoms with Gasteiger partial charge in [-0.2, -0.15) is 0 Å². The number of hydrogen-bond donors (Lipinski definition) is 1. The van der Waals surface area contributed by atoms with E-state index in [2.05, 4.69) is 135 Å². The van der Waals surface area contributed by atoms with Gasteiger partial charge < -0.3 is 28.5 Å². The van der Waals surface area contributed by atoms with Crippen molar-refractivity contribution in [2.24, 2.45) is 0 Å². The Morgan fingerprint density at radius 1 is 0.392 bits per heavy atom. The molecule has 0 aromatic rings. The first-order chi connectivity index (χ1) is 38.6. The number of esters is 2. The van der Waals surface area contributed by atoms with Crippen molar-refractivity contribution < 1.29 is 42.9 Å². The van der Waals surface area contributed by atoms with Crippen molar-refractivity contribution >= 4 is 17.9 Å². The third-order valence-electron chi connectivity index (χ3n) is 13.2. The summed E-state index contributed by atoms with van der Waals surface area (Å²) in [5, 5.41) is 9.73. The van der Waals surface area contributed by atoms with Gasteiger partial charge in [0.1, 0.15) is 13.2 Å². The first-order valence-corrected chi connectivity index (χ1v) is 31.7. The van der Waals surface area contributed by atoms with Gasteiger partial charge >= 0.3 is 17.9 Å². The number of nitrogens with zero attached hydrogens (tertiary/aromatic N) is 1. The van der Waals surface area contributed by atoms with Gasteiger partial charge in [0.05, 0.1) is 34.4 Å². The lowest BCUT2D eigenvalue weighted by Crippen LogP contribution is -2.40. The summed E-state index contributed by atoms with van der Waals surface area (Å²) in [6, 6.07) is 0. The van der Waals surface area contributed by atoms with Gasteiger partial charge in [0.25, 0.3) is 6.29 Å². The van der Waals surface area contributed by atoms with Gasteiger partial charge in [0.15, 0.2) is 6.10 Å². The Balaban J connectivity index is 4.28. The smallest absolute Gasteiger partial charge is 0.361 e. The van der Waals surface area contributed by atoms with E-state index in [0.29, 0.717) is 17.4 Å². The fourth-order valence-corrected chi connectivity index (χ4v) is 8.35. The van der Waals surface area contributed by atoms with E-state index in [1.54, 1.807) is 0 Å². The summed E-state index contributed by atoms with van der Waals surface area (Å²) in [5.74, 6) is -2.04. The number of carboxylic acids is 1. The monoisotopic (exact) mass is 1100 g/mol. The van der Waals surface area contributed by atoms with Gasteiger partial charge in [-0.05, 0) is 109 Å². The number of allylic oxidation sites excluding steroid dienone is 20. The Kier molecular flexibility index (Phi) is 56.5. The van der Waals surface area contributed by atoms with Crippen LogP contribution in [0, 0.1) is 0 Å². The molecule has 0 radical (unpaired) electrons. The highest BCUT2D eigenvalue weighted by molar-refractivity contribution is 5.71. The maximum Gasteiger partial charge on any atom is 0.361 e. The van der Waals surface area contributed by atoms with Crippen molar-refractivity contribution in [3.05, 3.63) is 122 Å². The van der Waals surface area contributed by atoms with Crippen LogP contribution < -0.4 is 0 Å². The number of unbranched alkanes of at least 4 members (excludes halogenated alkanes) is 22. The second-order valence-electron chi connectivity index (χ2n) is 22.0. The zero-order chi connectivity index (χ0) is 57.6. The number of carbonyl (C=O) groups is 3. The van der Waals surface area contributed by atoms with Crippen LogP contribution in [0.2, 0.25) is 0 Å². The number of hydrogen-bond acceptors (Lipinski definition) is 7. The van der Waals surface area contributed by atoms with E-state index >= 15 is 0 Å². The topological polar surface area (TPSA) is 108 Å². The molecule has 0 aromatic heterocycles. The van der Waals surface area contributed by atoms with Crippen LogP contribution in [-0.2, 0) is 33.3 Å². The first kappa shape index (κ1) is 74.7. The molecule has 0 aliphatic heterocycles. The van der Waals surface area contributed by atoms with Crippen LogP contribution in [-0.4, -0.2) is 87.4 Å². The highest BCUT2D eigenvalue weighted by Gasteiger charge is 2.25. The van der Waals surface area contributed by atoms with Crippen LogP contribution in [0.5, 0.6) is 0 Å². The average Bonchev–Trinajstić information content (AvgIpc) is 3.42. The molecule has 0 aliphatic carbocycles. The molecule has 2 unspecified atom stereocenters. The predicted molar refractivity (Wildman–Crippen MR) is 336 cm³/mol. The SMILES string of the molecule is CC/C=C\C/C=C\C/C=C\C/C=C\C/C=C\C/C=C\C/C=C\CCCCCCCC(=O)OC(COC(=O)CCCCCCCCCCCCCC/C=C\C/C=C\C/C=C\CCCCCCC)COC(OCC[N+](C)(C)C)C(=O)O. The maximum atomic E-state index is 12.9. The van der Waals surface area contributed by atoms with Crippen molar-refractivity contribution in [1.29, 1.82) is 0 Å². The van der Waals surface area contributed by atoms with E-state index in [1.165, 1.54) is 103 Å². The summed E-state index contributed by atoms with van der Waals surface area (Å²) in [7, 11) is 5.96. The largest absolute Gasteiger partial charge is 0.477 e. The molecule has 79 heavy (non-hydrogen) atoms. The van der Waals surface area contributed by atoms with Gasteiger partial charge in [0.2, 0.25) is 0 Å². The van der Waals surface area contributed by atoms with Gasteiger partial charge in [-0.25, -0.2) is 4.79 Å². The standard InChI is InChI=1S/C70H117NO8/c1-6-8-10-12-14-16-18-20-22-24-26-28-30-32-34-36-38-40-42-44-46-48-50-52-54-56-58-60-67(72)77-64-66(65-78-70(69(74)75)76-63-62-71(3,4)5)79-68(73)61-59-57-55-53-51-49-47-45-43-41-39-37-35-33-31-29-27-25-23-21-19-17-15-13-11-9-7-2/h9,11,15,17-18,20-21,23-24,26-27,29-30,32-33,35,39,41,45,47,66,70H,6-8,10,12-14,16,19,22,25,28,31,34,36-38,40,42-44,46,48-65H2,1-5H3/p+1/b11-9-,17-15-,20-18-,23-21-,26-24-,29-27-,32-30-,35-33-,41-39-,47-45-. The zero-order valence-corrected chi connectivity index (χ0v) is 51.2.